The van der Waals surface area contributed by atoms with Crippen molar-refractivity contribution < 1.29 is 9.90 Å². The monoisotopic (exact) mass is 290 g/mol. The van der Waals surface area contributed by atoms with Gasteiger partial charge in [-0.3, -0.25) is 4.79 Å². The summed E-state index contributed by atoms with van der Waals surface area (Å²) in [5, 5.41) is 16.2. The minimum Gasteiger partial charge on any atom is -0.481 e. The van der Waals surface area contributed by atoms with Crippen LogP contribution in [-0.2, 0) is 4.79 Å². The van der Waals surface area contributed by atoms with Gasteiger partial charge < -0.3 is 16.2 Å². The lowest BCUT2D eigenvalue weighted by molar-refractivity contribution is -0.147. The summed E-state index contributed by atoms with van der Waals surface area (Å²) in [5.74, 6) is 0.383. The molecule has 0 saturated carbocycles. The molecule has 2 aromatic rings. The van der Waals surface area contributed by atoms with Crippen LogP contribution < -0.4 is 11.1 Å². The molecule has 0 aliphatic heterocycles. The zero-order chi connectivity index (χ0) is 15.5. The average Bonchev–Trinajstić information content (AvgIpc) is 2.91. The molecule has 0 saturated heterocycles. The zero-order valence-corrected chi connectivity index (χ0v) is 11.9. The number of aromatic nitrogens is 4. The van der Waals surface area contributed by atoms with Gasteiger partial charge >= 0.3 is 5.97 Å². The maximum Gasteiger partial charge on any atom is 0.309 e. The number of nitrogens with two attached hydrogens (primary N) is 1. The molecule has 112 valence electrons. The van der Waals surface area contributed by atoms with Crippen molar-refractivity contribution in [1.29, 1.82) is 0 Å². The molecule has 0 unspecified atom stereocenters. The van der Waals surface area contributed by atoms with E-state index in [4.69, 9.17) is 10.8 Å². The third kappa shape index (κ3) is 3.68. The molecular formula is C13H18N6O2. The topological polar surface area (TPSA) is 119 Å². The maximum atomic E-state index is 11.0. The average molecular weight is 290 g/mol. The van der Waals surface area contributed by atoms with Crippen molar-refractivity contribution in [2.45, 2.75) is 20.3 Å². The normalized spacial score (nSPS) is 11.3. The summed E-state index contributed by atoms with van der Waals surface area (Å²) < 4.78 is 1.57. The molecule has 8 nitrogen and oxygen atoms in total. The molecule has 2 heterocycles. The SMILES string of the molecule is CC(C)(CCNc1cc(-n2cccn2)nc(N)n1)C(=O)O. The van der Waals surface area contributed by atoms with Crippen LogP contribution in [0.5, 0.6) is 0 Å². The second-order valence-electron chi connectivity index (χ2n) is 5.29. The Morgan fingerprint density at radius 1 is 1.48 bits per heavy atom. The Morgan fingerprint density at radius 3 is 2.86 bits per heavy atom. The lowest BCUT2D eigenvalue weighted by Crippen LogP contribution is -2.26. The zero-order valence-electron chi connectivity index (χ0n) is 11.9. The van der Waals surface area contributed by atoms with Crippen LogP contribution in [0.15, 0.2) is 24.5 Å². The lowest BCUT2D eigenvalue weighted by atomic mass is 9.90. The van der Waals surface area contributed by atoms with Crippen molar-refractivity contribution in [1.82, 2.24) is 19.7 Å². The van der Waals surface area contributed by atoms with Gasteiger partial charge in [0.1, 0.15) is 5.82 Å². The second kappa shape index (κ2) is 5.78. The molecule has 0 fully saturated rings. The van der Waals surface area contributed by atoms with E-state index in [9.17, 15) is 4.79 Å². The molecule has 21 heavy (non-hydrogen) atoms. The number of rotatable bonds is 6. The van der Waals surface area contributed by atoms with Crippen molar-refractivity contribution >= 4 is 17.7 Å². The molecule has 2 rings (SSSR count). The van der Waals surface area contributed by atoms with Gasteiger partial charge in [0.05, 0.1) is 5.41 Å². The number of anilines is 2. The molecule has 0 atom stereocenters. The van der Waals surface area contributed by atoms with Gasteiger partial charge in [0.15, 0.2) is 5.82 Å². The molecule has 8 heteroatoms. The van der Waals surface area contributed by atoms with Crippen LogP contribution in [0.1, 0.15) is 20.3 Å². The number of carboxylic acid groups (broad SMARTS) is 1. The molecule has 0 spiro atoms. The third-order valence-electron chi connectivity index (χ3n) is 3.10. The Bertz CT molecular complexity index is 624. The summed E-state index contributed by atoms with van der Waals surface area (Å²) in [6.45, 7) is 3.83. The van der Waals surface area contributed by atoms with Crippen molar-refractivity contribution in [2.75, 3.05) is 17.6 Å². The van der Waals surface area contributed by atoms with Crippen molar-refractivity contribution in [3.63, 3.8) is 0 Å². The van der Waals surface area contributed by atoms with Crippen LogP contribution in [0.3, 0.4) is 0 Å². The Morgan fingerprint density at radius 2 is 2.24 bits per heavy atom. The smallest absolute Gasteiger partial charge is 0.309 e. The highest BCUT2D eigenvalue weighted by atomic mass is 16.4. The van der Waals surface area contributed by atoms with Crippen molar-refractivity contribution in [3.05, 3.63) is 24.5 Å². The predicted molar refractivity (Wildman–Crippen MR) is 78.1 cm³/mol. The first-order valence-corrected chi connectivity index (χ1v) is 6.50. The fourth-order valence-corrected chi connectivity index (χ4v) is 1.67. The van der Waals surface area contributed by atoms with Crippen molar-refractivity contribution in [3.8, 4) is 5.82 Å². The molecule has 0 aliphatic carbocycles. The van der Waals surface area contributed by atoms with E-state index in [2.05, 4.69) is 20.4 Å². The first-order valence-electron chi connectivity index (χ1n) is 6.50. The van der Waals surface area contributed by atoms with Crippen LogP contribution in [0.25, 0.3) is 5.82 Å². The fraction of sp³-hybridized carbons (Fsp3) is 0.385. The Kier molecular flexibility index (Phi) is 4.06. The summed E-state index contributed by atoms with van der Waals surface area (Å²) in [4.78, 5) is 19.2. The van der Waals surface area contributed by atoms with E-state index in [0.29, 0.717) is 24.6 Å². The van der Waals surface area contributed by atoms with Gasteiger partial charge in [-0.2, -0.15) is 15.1 Å². The minimum absolute atomic E-state index is 0.128. The van der Waals surface area contributed by atoms with Gasteiger partial charge in [-0.1, -0.05) is 0 Å². The fourth-order valence-electron chi connectivity index (χ4n) is 1.67. The molecule has 0 bridgehead atoms. The molecule has 4 N–H and O–H groups in total. The highest BCUT2D eigenvalue weighted by Gasteiger charge is 2.26. The molecule has 0 aliphatic rings. The quantitative estimate of drug-likeness (QED) is 0.730. The standard InChI is InChI=1S/C13H18N6O2/c1-13(2,11(20)21)4-6-15-9-8-10(18-12(14)17-9)19-7-3-5-16-19/h3,5,7-8H,4,6H2,1-2H3,(H,20,21)(H3,14,15,17,18). The van der Waals surface area contributed by atoms with E-state index in [0.717, 1.165) is 0 Å². The van der Waals surface area contributed by atoms with E-state index in [1.807, 2.05) is 0 Å². The highest BCUT2D eigenvalue weighted by Crippen LogP contribution is 2.20. The summed E-state index contributed by atoms with van der Waals surface area (Å²) in [6, 6.07) is 3.48. The van der Waals surface area contributed by atoms with Crippen molar-refractivity contribution in [2.24, 2.45) is 5.41 Å². The van der Waals surface area contributed by atoms with E-state index in [1.165, 1.54) is 0 Å². The number of nitrogens with zero attached hydrogens (tertiary/aromatic N) is 4. The lowest BCUT2D eigenvalue weighted by Gasteiger charge is -2.19. The molecular weight excluding hydrogens is 272 g/mol. The number of hydrogen-bond donors (Lipinski definition) is 3. The van der Waals surface area contributed by atoms with E-state index in [1.54, 1.807) is 43.1 Å². The van der Waals surface area contributed by atoms with Crippen LogP contribution in [0.4, 0.5) is 11.8 Å². The minimum atomic E-state index is -0.830. The number of aliphatic carboxylic acids is 1. The Hall–Kier alpha value is -2.64. The van der Waals surface area contributed by atoms with Crippen LogP contribution in [0.2, 0.25) is 0 Å². The predicted octanol–water partition coefficient (Wildman–Crippen LogP) is 1.16. The Balaban J connectivity index is 2.06. The summed E-state index contributed by atoms with van der Waals surface area (Å²) in [6.07, 6.45) is 3.85. The maximum absolute atomic E-state index is 11.0. The number of carboxylic acids is 1. The van der Waals surface area contributed by atoms with Crippen LogP contribution in [-0.4, -0.2) is 37.4 Å². The van der Waals surface area contributed by atoms with Gasteiger partial charge in [-0.25, -0.2) is 4.68 Å². The Labute approximate surface area is 122 Å². The number of nitrogen functional groups attached to an aromatic ring is 1. The number of carbonyl (C=O) groups is 1. The van der Waals surface area contributed by atoms with E-state index < -0.39 is 11.4 Å². The van der Waals surface area contributed by atoms with Gasteiger partial charge in [0, 0.05) is 25.0 Å². The van der Waals surface area contributed by atoms with Gasteiger partial charge in [-0.15, -0.1) is 0 Å². The molecule has 0 radical (unpaired) electrons. The van der Waals surface area contributed by atoms with Crippen LogP contribution >= 0.6 is 0 Å². The van der Waals surface area contributed by atoms with Gasteiger partial charge in [0.25, 0.3) is 0 Å². The summed E-state index contributed by atoms with van der Waals surface area (Å²) >= 11 is 0. The number of hydrogen-bond acceptors (Lipinski definition) is 6. The molecule has 0 aromatic carbocycles. The number of nitrogens with one attached hydrogen (secondary N) is 1. The first kappa shape index (κ1) is 14.8. The highest BCUT2D eigenvalue weighted by molar-refractivity contribution is 5.73. The van der Waals surface area contributed by atoms with E-state index in [-0.39, 0.29) is 5.95 Å². The second-order valence-corrected chi connectivity index (χ2v) is 5.29. The third-order valence-corrected chi connectivity index (χ3v) is 3.10. The van der Waals surface area contributed by atoms with Gasteiger partial charge in [-0.05, 0) is 26.3 Å². The summed E-state index contributed by atoms with van der Waals surface area (Å²) in [5.41, 5.74) is 4.88. The first-order chi connectivity index (χ1) is 9.88. The largest absolute Gasteiger partial charge is 0.481 e. The molecule has 2 aromatic heterocycles. The van der Waals surface area contributed by atoms with E-state index >= 15 is 0 Å². The van der Waals surface area contributed by atoms with Crippen LogP contribution in [0, 0.1) is 5.41 Å². The summed E-state index contributed by atoms with van der Waals surface area (Å²) in [7, 11) is 0. The van der Waals surface area contributed by atoms with Gasteiger partial charge in [0.2, 0.25) is 5.95 Å². The molecule has 0 amide bonds.